The minimum absolute atomic E-state index is 0. The summed E-state index contributed by atoms with van der Waals surface area (Å²) in [5.74, 6) is 0.675. The number of anilines is 1. The molecule has 1 aliphatic rings. The second-order valence-corrected chi connectivity index (χ2v) is 5.60. The third-order valence-electron chi connectivity index (χ3n) is 3.57. The van der Waals surface area contributed by atoms with E-state index in [-0.39, 0.29) is 42.4 Å². The number of ether oxygens (including phenoxy) is 1. The average molecular weight is 432 g/mol. The van der Waals surface area contributed by atoms with Crippen LogP contribution in [0, 0.1) is 0 Å². The van der Waals surface area contributed by atoms with Crippen LogP contribution in [0.3, 0.4) is 0 Å². The molecule has 7 heteroatoms. The number of nitrogens with two attached hydrogens (primary N) is 1. The van der Waals surface area contributed by atoms with Crippen LogP contribution in [0.4, 0.5) is 5.69 Å². The van der Waals surface area contributed by atoms with E-state index in [2.05, 4.69) is 30.2 Å². The molecule has 1 aromatic rings. The number of benzene rings is 1. The minimum atomic E-state index is -0.0241. The van der Waals surface area contributed by atoms with Crippen molar-refractivity contribution in [2.45, 2.75) is 19.8 Å². The summed E-state index contributed by atoms with van der Waals surface area (Å²) >= 11 is 0. The van der Waals surface area contributed by atoms with Crippen LogP contribution < -0.4 is 11.1 Å². The maximum absolute atomic E-state index is 12.0. The third kappa shape index (κ3) is 6.34. The molecule has 0 radical (unpaired) electrons. The molecule has 128 valence electrons. The molecule has 2 rings (SSSR count). The first kappa shape index (κ1) is 19.7. The summed E-state index contributed by atoms with van der Waals surface area (Å²) in [6.45, 7) is 6.75. The van der Waals surface area contributed by atoms with Gasteiger partial charge in [0, 0.05) is 18.8 Å². The normalized spacial score (nSPS) is 15.3. The molecule has 1 fully saturated rings. The van der Waals surface area contributed by atoms with Gasteiger partial charge in [-0.2, -0.15) is 0 Å². The Hall–Kier alpha value is -1.35. The first-order chi connectivity index (χ1) is 10.6. The SMILES string of the molecule is CC(C)c1cccc(NC(N)=NCC(=O)N2CCOCC2)c1.I. The summed E-state index contributed by atoms with van der Waals surface area (Å²) in [4.78, 5) is 17.8. The molecule has 0 unspecified atom stereocenters. The molecule has 1 saturated heterocycles. The molecule has 1 heterocycles. The summed E-state index contributed by atoms with van der Waals surface area (Å²) in [6, 6.07) is 8.02. The minimum Gasteiger partial charge on any atom is -0.378 e. The van der Waals surface area contributed by atoms with Crippen LogP contribution in [0.5, 0.6) is 0 Å². The number of halogens is 1. The number of amides is 1. The summed E-state index contributed by atoms with van der Waals surface area (Å²) in [7, 11) is 0. The van der Waals surface area contributed by atoms with E-state index >= 15 is 0 Å². The summed E-state index contributed by atoms with van der Waals surface area (Å²) in [5, 5.41) is 3.03. The lowest BCUT2D eigenvalue weighted by Crippen LogP contribution is -2.42. The maximum Gasteiger partial charge on any atom is 0.244 e. The van der Waals surface area contributed by atoms with Gasteiger partial charge in [-0.15, -0.1) is 24.0 Å². The summed E-state index contributed by atoms with van der Waals surface area (Å²) < 4.78 is 5.22. The van der Waals surface area contributed by atoms with E-state index in [1.54, 1.807) is 4.90 Å². The lowest BCUT2D eigenvalue weighted by atomic mass is 10.0. The smallest absolute Gasteiger partial charge is 0.244 e. The third-order valence-corrected chi connectivity index (χ3v) is 3.57. The molecule has 1 aromatic carbocycles. The molecule has 1 aliphatic heterocycles. The molecular weight excluding hydrogens is 407 g/mol. The van der Waals surface area contributed by atoms with E-state index in [1.165, 1.54) is 5.56 Å². The molecule has 0 spiro atoms. The van der Waals surface area contributed by atoms with Gasteiger partial charge in [0.25, 0.3) is 0 Å². The Morgan fingerprint density at radius 1 is 1.39 bits per heavy atom. The first-order valence-corrected chi connectivity index (χ1v) is 7.58. The van der Waals surface area contributed by atoms with Gasteiger partial charge in [-0.25, -0.2) is 4.99 Å². The van der Waals surface area contributed by atoms with Crippen LogP contribution in [0.15, 0.2) is 29.3 Å². The van der Waals surface area contributed by atoms with Crippen LogP contribution in [-0.2, 0) is 9.53 Å². The predicted molar refractivity (Wildman–Crippen MR) is 103 cm³/mol. The topological polar surface area (TPSA) is 79.9 Å². The van der Waals surface area contributed by atoms with Crippen molar-refractivity contribution in [2.75, 3.05) is 38.2 Å². The van der Waals surface area contributed by atoms with Crippen molar-refractivity contribution in [3.8, 4) is 0 Å². The van der Waals surface area contributed by atoms with Gasteiger partial charge >= 0.3 is 0 Å². The van der Waals surface area contributed by atoms with E-state index in [0.717, 1.165) is 5.69 Å². The zero-order valence-electron chi connectivity index (χ0n) is 13.6. The number of carbonyl (C=O) groups is 1. The fourth-order valence-electron chi connectivity index (χ4n) is 2.23. The second-order valence-electron chi connectivity index (χ2n) is 5.60. The number of hydrogen-bond acceptors (Lipinski definition) is 3. The zero-order chi connectivity index (χ0) is 15.9. The van der Waals surface area contributed by atoms with E-state index < -0.39 is 0 Å². The Bertz CT molecular complexity index is 543. The van der Waals surface area contributed by atoms with Gasteiger partial charge in [-0.05, 0) is 23.6 Å². The van der Waals surface area contributed by atoms with Gasteiger partial charge in [-0.3, -0.25) is 4.79 Å². The van der Waals surface area contributed by atoms with Gasteiger partial charge in [0.05, 0.1) is 13.2 Å². The van der Waals surface area contributed by atoms with E-state index in [4.69, 9.17) is 10.5 Å². The first-order valence-electron chi connectivity index (χ1n) is 7.58. The van der Waals surface area contributed by atoms with Gasteiger partial charge in [0.2, 0.25) is 5.91 Å². The zero-order valence-corrected chi connectivity index (χ0v) is 15.9. The number of nitrogens with zero attached hydrogens (tertiary/aromatic N) is 2. The Morgan fingerprint density at radius 3 is 2.74 bits per heavy atom. The van der Waals surface area contributed by atoms with Crippen LogP contribution in [0.25, 0.3) is 0 Å². The highest BCUT2D eigenvalue weighted by molar-refractivity contribution is 14.0. The van der Waals surface area contributed by atoms with Gasteiger partial charge in [-0.1, -0.05) is 26.0 Å². The quantitative estimate of drug-likeness (QED) is 0.434. The average Bonchev–Trinajstić information content (AvgIpc) is 2.53. The second kappa shape index (κ2) is 9.71. The fourth-order valence-corrected chi connectivity index (χ4v) is 2.23. The number of guanidine groups is 1. The van der Waals surface area contributed by atoms with Crippen LogP contribution >= 0.6 is 24.0 Å². The fraction of sp³-hybridized carbons (Fsp3) is 0.500. The number of aliphatic imine (C=N–C) groups is 1. The monoisotopic (exact) mass is 432 g/mol. The molecule has 0 aliphatic carbocycles. The predicted octanol–water partition coefficient (Wildman–Crippen LogP) is 2.01. The van der Waals surface area contributed by atoms with Crippen molar-refractivity contribution in [2.24, 2.45) is 10.7 Å². The lowest BCUT2D eigenvalue weighted by Gasteiger charge is -2.26. The highest BCUT2D eigenvalue weighted by Gasteiger charge is 2.16. The molecule has 3 N–H and O–H groups in total. The Kier molecular flexibility index (Phi) is 8.32. The summed E-state index contributed by atoms with van der Waals surface area (Å²) in [6.07, 6.45) is 0. The Balaban J connectivity index is 0.00000264. The van der Waals surface area contributed by atoms with Crippen molar-refractivity contribution in [3.63, 3.8) is 0 Å². The maximum atomic E-state index is 12.0. The van der Waals surface area contributed by atoms with Crippen molar-refractivity contribution in [1.82, 2.24) is 4.90 Å². The van der Waals surface area contributed by atoms with Crippen LogP contribution in [0.2, 0.25) is 0 Å². The standard InChI is InChI=1S/C16H24N4O2.HI/c1-12(2)13-4-3-5-14(10-13)19-16(17)18-11-15(21)20-6-8-22-9-7-20;/h3-5,10,12H,6-9,11H2,1-2H3,(H3,17,18,19);1H. The van der Waals surface area contributed by atoms with Crippen LogP contribution in [-0.4, -0.2) is 49.6 Å². The van der Waals surface area contributed by atoms with Crippen molar-refractivity contribution < 1.29 is 9.53 Å². The van der Waals surface area contributed by atoms with E-state index in [1.807, 2.05) is 18.2 Å². The number of rotatable bonds is 4. The van der Waals surface area contributed by atoms with E-state index in [9.17, 15) is 4.79 Å². The van der Waals surface area contributed by atoms with Gasteiger partial charge in [0.15, 0.2) is 5.96 Å². The van der Waals surface area contributed by atoms with Gasteiger partial charge in [0.1, 0.15) is 6.54 Å². The Labute approximate surface area is 154 Å². The number of hydrogen-bond donors (Lipinski definition) is 2. The number of morpholine rings is 1. The lowest BCUT2D eigenvalue weighted by molar-refractivity contribution is -0.133. The van der Waals surface area contributed by atoms with Gasteiger partial charge < -0.3 is 20.7 Å². The molecule has 0 bridgehead atoms. The molecule has 0 aromatic heterocycles. The number of carbonyl (C=O) groups excluding carboxylic acids is 1. The van der Waals surface area contributed by atoms with Crippen molar-refractivity contribution in [3.05, 3.63) is 29.8 Å². The summed E-state index contributed by atoms with van der Waals surface area (Å²) in [5.41, 5.74) is 7.96. The highest BCUT2D eigenvalue weighted by Crippen LogP contribution is 2.18. The van der Waals surface area contributed by atoms with Crippen molar-refractivity contribution >= 4 is 41.5 Å². The molecule has 0 atom stereocenters. The molecule has 0 saturated carbocycles. The van der Waals surface area contributed by atoms with Crippen LogP contribution in [0.1, 0.15) is 25.3 Å². The highest BCUT2D eigenvalue weighted by atomic mass is 127. The Morgan fingerprint density at radius 2 is 2.09 bits per heavy atom. The molecule has 1 amide bonds. The van der Waals surface area contributed by atoms with E-state index in [0.29, 0.717) is 32.2 Å². The largest absolute Gasteiger partial charge is 0.378 e. The molecule has 23 heavy (non-hydrogen) atoms. The molecule has 6 nitrogen and oxygen atoms in total. The molecular formula is C16H25IN4O2. The number of nitrogens with one attached hydrogen (secondary N) is 1. The van der Waals surface area contributed by atoms with Crippen molar-refractivity contribution in [1.29, 1.82) is 0 Å².